The van der Waals surface area contributed by atoms with Crippen molar-refractivity contribution in [3.05, 3.63) is 70.8 Å². The molecular formula is C19H15F2NO3. The molecule has 4 rings (SSSR count). The standard InChI is InChI=1S/C19H15F2NO3/c20-14-6-3-7-15(21)17(14)19(9-25-10-19)22-18(24)13-8-16(23)12-5-2-1-4-11(12)13/h1-7,13H,8-10H2,(H,22,24). The lowest BCUT2D eigenvalue weighted by molar-refractivity contribution is -0.135. The van der Waals surface area contributed by atoms with Crippen molar-refractivity contribution in [1.82, 2.24) is 5.32 Å². The van der Waals surface area contributed by atoms with Gasteiger partial charge in [0.15, 0.2) is 5.78 Å². The van der Waals surface area contributed by atoms with Crippen molar-refractivity contribution in [1.29, 1.82) is 0 Å². The summed E-state index contributed by atoms with van der Waals surface area (Å²) in [6.07, 6.45) is 0.0574. The number of carbonyl (C=O) groups excluding carboxylic acids is 2. The minimum atomic E-state index is -1.24. The fourth-order valence-corrected chi connectivity index (χ4v) is 3.56. The molecule has 128 valence electrons. The summed E-state index contributed by atoms with van der Waals surface area (Å²) in [7, 11) is 0. The summed E-state index contributed by atoms with van der Waals surface area (Å²) in [5.74, 6) is -2.65. The zero-order valence-electron chi connectivity index (χ0n) is 13.2. The lowest BCUT2D eigenvalue weighted by atomic mass is 9.86. The zero-order chi connectivity index (χ0) is 17.6. The van der Waals surface area contributed by atoms with Crippen LogP contribution < -0.4 is 5.32 Å². The monoisotopic (exact) mass is 343 g/mol. The molecule has 0 aromatic heterocycles. The lowest BCUT2D eigenvalue weighted by Gasteiger charge is -2.43. The number of ketones is 1. The van der Waals surface area contributed by atoms with Gasteiger partial charge in [-0.1, -0.05) is 30.3 Å². The topological polar surface area (TPSA) is 55.4 Å². The van der Waals surface area contributed by atoms with Crippen molar-refractivity contribution < 1.29 is 23.1 Å². The lowest BCUT2D eigenvalue weighted by Crippen LogP contribution is -2.60. The van der Waals surface area contributed by atoms with Crippen LogP contribution in [0.5, 0.6) is 0 Å². The molecule has 1 aliphatic carbocycles. The molecule has 2 aromatic rings. The summed E-state index contributed by atoms with van der Waals surface area (Å²) in [6.45, 7) is -0.0299. The first-order valence-corrected chi connectivity index (χ1v) is 7.98. The van der Waals surface area contributed by atoms with E-state index >= 15 is 0 Å². The molecule has 1 unspecified atom stereocenters. The van der Waals surface area contributed by atoms with Crippen LogP contribution in [0.2, 0.25) is 0 Å². The van der Waals surface area contributed by atoms with E-state index in [1.54, 1.807) is 24.3 Å². The van der Waals surface area contributed by atoms with Crippen molar-refractivity contribution >= 4 is 11.7 Å². The number of amides is 1. The molecule has 2 aromatic carbocycles. The van der Waals surface area contributed by atoms with Gasteiger partial charge in [0, 0.05) is 12.0 Å². The van der Waals surface area contributed by atoms with E-state index in [2.05, 4.69) is 5.32 Å². The van der Waals surface area contributed by atoms with Crippen molar-refractivity contribution in [2.75, 3.05) is 13.2 Å². The Bertz CT molecular complexity index is 856. The van der Waals surface area contributed by atoms with Crippen molar-refractivity contribution in [3.63, 3.8) is 0 Å². The molecule has 0 spiro atoms. The first kappa shape index (κ1) is 15.9. The quantitative estimate of drug-likeness (QED) is 0.932. The molecule has 0 radical (unpaired) electrons. The Hall–Kier alpha value is -2.60. The molecule has 1 amide bonds. The second-order valence-corrected chi connectivity index (χ2v) is 6.43. The van der Waals surface area contributed by atoms with Gasteiger partial charge in [-0.05, 0) is 17.7 Å². The van der Waals surface area contributed by atoms with Gasteiger partial charge in [0.2, 0.25) is 5.91 Å². The Labute approximate surface area is 142 Å². The smallest absolute Gasteiger partial charge is 0.228 e. The predicted octanol–water partition coefficient (Wildman–Crippen LogP) is 2.68. The van der Waals surface area contributed by atoms with Crippen LogP contribution in [0, 0.1) is 11.6 Å². The maximum Gasteiger partial charge on any atom is 0.228 e. The third-order valence-electron chi connectivity index (χ3n) is 4.84. The van der Waals surface area contributed by atoms with Crippen molar-refractivity contribution in [2.45, 2.75) is 17.9 Å². The highest BCUT2D eigenvalue weighted by Crippen LogP contribution is 2.37. The normalized spacial score (nSPS) is 20.7. The summed E-state index contributed by atoms with van der Waals surface area (Å²) in [5.41, 5.74) is -0.271. The Morgan fingerprint density at radius 1 is 1.08 bits per heavy atom. The van der Waals surface area contributed by atoms with Crippen LogP contribution >= 0.6 is 0 Å². The number of Topliss-reactive ketones (excluding diaryl/α,β-unsaturated/α-hetero) is 1. The third-order valence-corrected chi connectivity index (χ3v) is 4.84. The number of fused-ring (bicyclic) bond motifs is 1. The third kappa shape index (κ3) is 2.44. The molecule has 2 aliphatic rings. The molecule has 25 heavy (non-hydrogen) atoms. The van der Waals surface area contributed by atoms with Gasteiger partial charge in [-0.3, -0.25) is 9.59 Å². The Balaban J connectivity index is 1.65. The van der Waals surface area contributed by atoms with Crippen LogP contribution in [0.25, 0.3) is 0 Å². The maximum absolute atomic E-state index is 14.2. The Morgan fingerprint density at radius 3 is 2.40 bits per heavy atom. The second-order valence-electron chi connectivity index (χ2n) is 6.43. The molecule has 6 heteroatoms. The summed E-state index contributed by atoms with van der Waals surface area (Å²) in [6, 6.07) is 10.5. The largest absolute Gasteiger partial charge is 0.376 e. The highest BCUT2D eigenvalue weighted by molar-refractivity contribution is 6.06. The summed E-state index contributed by atoms with van der Waals surface area (Å²) in [4.78, 5) is 24.9. The van der Waals surface area contributed by atoms with Gasteiger partial charge in [0.25, 0.3) is 0 Å². The SMILES string of the molecule is O=C1CC(C(=O)NC2(c3c(F)cccc3F)COC2)c2ccccc21. The summed E-state index contributed by atoms with van der Waals surface area (Å²) < 4.78 is 33.5. The molecule has 1 N–H and O–H groups in total. The Kier molecular flexibility index (Phi) is 3.65. The second kappa shape index (κ2) is 5.74. The van der Waals surface area contributed by atoms with Crippen LogP contribution in [0.15, 0.2) is 42.5 Å². The molecule has 0 bridgehead atoms. The fourth-order valence-electron chi connectivity index (χ4n) is 3.56. The predicted molar refractivity (Wildman–Crippen MR) is 85.1 cm³/mol. The minimum Gasteiger partial charge on any atom is -0.376 e. The molecule has 4 nitrogen and oxygen atoms in total. The number of ether oxygens (including phenoxy) is 1. The number of nitrogens with one attached hydrogen (secondary N) is 1. The highest BCUT2D eigenvalue weighted by Gasteiger charge is 2.47. The molecule has 1 fully saturated rings. The van der Waals surface area contributed by atoms with Gasteiger partial charge in [0.1, 0.15) is 17.2 Å². The van der Waals surface area contributed by atoms with Crippen LogP contribution in [0.1, 0.15) is 33.8 Å². The first-order valence-electron chi connectivity index (χ1n) is 7.98. The number of carbonyl (C=O) groups is 2. The van der Waals surface area contributed by atoms with Crippen LogP contribution in [0.3, 0.4) is 0 Å². The molecular weight excluding hydrogens is 328 g/mol. The van der Waals surface area contributed by atoms with Gasteiger partial charge in [-0.15, -0.1) is 0 Å². The van der Waals surface area contributed by atoms with Crippen LogP contribution in [-0.2, 0) is 15.1 Å². The molecule has 1 aliphatic heterocycles. The van der Waals surface area contributed by atoms with E-state index in [0.29, 0.717) is 11.1 Å². The zero-order valence-corrected chi connectivity index (χ0v) is 13.2. The van der Waals surface area contributed by atoms with Gasteiger partial charge in [0.05, 0.1) is 24.7 Å². The average molecular weight is 343 g/mol. The van der Waals surface area contributed by atoms with E-state index in [0.717, 1.165) is 12.1 Å². The van der Waals surface area contributed by atoms with Gasteiger partial charge in [-0.25, -0.2) is 8.78 Å². The summed E-state index contributed by atoms with van der Waals surface area (Å²) in [5, 5.41) is 2.74. The van der Waals surface area contributed by atoms with E-state index in [4.69, 9.17) is 4.74 Å². The summed E-state index contributed by atoms with van der Waals surface area (Å²) >= 11 is 0. The maximum atomic E-state index is 14.2. The number of benzene rings is 2. The number of hydrogen-bond acceptors (Lipinski definition) is 3. The van der Waals surface area contributed by atoms with Crippen LogP contribution in [0.4, 0.5) is 8.78 Å². The van der Waals surface area contributed by atoms with E-state index < -0.39 is 29.0 Å². The minimum absolute atomic E-state index is 0.0150. The molecule has 1 heterocycles. The van der Waals surface area contributed by atoms with Gasteiger partial charge in [-0.2, -0.15) is 0 Å². The first-order chi connectivity index (χ1) is 12.0. The van der Waals surface area contributed by atoms with E-state index in [-0.39, 0.29) is 31.0 Å². The molecule has 1 saturated heterocycles. The van der Waals surface area contributed by atoms with E-state index in [1.807, 2.05) is 0 Å². The number of rotatable bonds is 3. The van der Waals surface area contributed by atoms with E-state index in [9.17, 15) is 18.4 Å². The van der Waals surface area contributed by atoms with Crippen molar-refractivity contribution in [2.24, 2.45) is 0 Å². The van der Waals surface area contributed by atoms with Crippen LogP contribution in [-0.4, -0.2) is 24.9 Å². The fraction of sp³-hybridized carbons (Fsp3) is 0.263. The van der Waals surface area contributed by atoms with Gasteiger partial charge >= 0.3 is 0 Å². The molecule has 0 saturated carbocycles. The average Bonchev–Trinajstić information content (AvgIpc) is 2.89. The molecule has 1 atom stereocenters. The van der Waals surface area contributed by atoms with Crippen molar-refractivity contribution in [3.8, 4) is 0 Å². The highest BCUT2D eigenvalue weighted by atomic mass is 19.1. The van der Waals surface area contributed by atoms with E-state index in [1.165, 1.54) is 6.07 Å². The van der Waals surface area contributed by atoms with Gasteiger partial charge < -0.3 is 10.1 Å². The Morgan fingerprint density at radius 2 is 1.76 bits per heavy atom. The number of hydrogen-bond donors (Lipinski definition) is 1. The number of halogens is 2.